The predicted molar refractivity (Wildman–Crippen MR) is 48.7 cm³/mol. The summed E-state index contributed by atoms with van der Waals surface area (Å²) in [6.45, 7) is 0.0537. The molecule has 0 radical (unpaired) electrons. The van der Waals surface area contributed by atoms with Gasteiger partial charge in [0.15, 0.2) is 0 Å². The number of ether oxygens (including phenoxy) is 1. The van der Waals surface area contributed by atoms with Crippen molar-refractivity contribution in [3.63, 3.8) is 0 Å². The molecule has 0 aromatic carbocycles. The van der Waals surface area contributed by atoms with Crippen LogP contribution >= 0.6 is 0 Å². The summed E-state index contributed by atoms with van der Waals surface area (Å²) in [5.74, 6) is -3.63. The van der Waals surface area contributed by atoms with Gasteiger partial charge in [0, 0.05) is 18.5 Å². The van der Waals surface area contributed by atoms with E-state index >= 15 is 0 Å². The number of H-pyrrole nitrogens is 1. The van der Waals surface area contributed by atoms with Crippen molar-refractivity contribution < 1.29 is 18.3 Å². The van der Waals surface area contributed by atoms with Crippen LogP contribution in [0.5, 0.6) is 0 Å². The lowest BCUT2D eigenvalue weighted by Crippen LogP contribution is -2.08. The molecule has 0 bridgehead atoms. The van der Waals surface area contributed by atoms with Gasteiger partial charge >= 0.3 is 5.97 Å². The SMILES string of the molecule is O=C(OCCC1CC1(F)F)c1ccc[nH]1. The van der Waals surface area contributed by atoms with E-state index in [1.54, 1.807) is 18.3 Å². The number of carbonyl (C=O) groups is 1. The first-order valence-corrected chi connectivity index (χ1v) is 4.78. The summed E-state index contributed by atoms with van der Waals surface area (Å²) in [6, 6.07) is 3.25. The van der Waals surface area contributed by atoms with Crippen molar-refractivity contribution in [3.8, 4) is 0 Å². The first-order chi connectivity index (χ1) is 7.09. The Morgan fingerprint density at radius 1 is 1.67 bits per heavy atom. The highest BCUT2D eigenvalue weighted by Gasteiger charge is 2.56. The average Bonchev–Trinajstić information content (AvgIpc) is 2.68. The van der Waals surface area contributed by atoms with E-state index in [-0.39, 0.29) is 19.4 Å². The number of esters is 1. The molecule has 82 valence electrons. The summed E-state index contributed by atoms with van der Waals surface area (Å²) >= 11 is 0. The van der Waals surface area contributed by atoms with Gasteiger partial charge in [-0.3, -0.25) is 0 Å². The van der Waals surface area contributed by atoms with E-state index in [0.717, 1.165) is 0 Å². The summed E-state index contributed by atoms with van der Waals surface area (Å²) in [5.41, 5.74) is 0.345. The Morgan fingerprint density at radius 3 is 2.93 bits per heavy atom. The second kappa shape index (κ2) is 3.64. The molecule has 1 aromatic heterocycles. The van der Waals surface area contributed by atoms with Gasteiger partial charge < -0.3 is 9.72 Å². The van der Waals surface area contributed by atoms with Gasteiger partial charge in [-0.25, -0.2) is 13.6 Å². The zero-order chi connectivity index (χ0) is 10.9. The molecule has 1 aliphatic rings. The third-order valence-corrected chi connectivity index (χ3v) is 2.47. The minimum Gasteiger partial charge on any atom is -0.461 e. The van der Waals surface area contributed by atoms with Gasteiger partial charge in [0.25, 0.3) is 5.92 Å². The Bertz CT molecular complexity index is 348. The maximum atomic E-state index is 12.4. The smallest absolute Gasteiger partial charge is 0.354 e. The molecule has 1 saturated carbocycles. The van der Waals surface area contributed by atoms with Crippen molar-refractivity contribution in [1.82, 2.24) is 4.98 Å². The number of aromatic amines is 1. The molecule has 0 aliphatic heterocycles. The van der Waals surface area contributed by atoms with Gasteiger partial charge in [-0.1, -0.05) is 0 Å². The molecule has 1 N–H and O–H groups in total. The fraction of sp³-hybridized carbons (Fsp3) is 0.500. The average molecular weight is 215 g/mol. The molecule has 15 heavy (non-hydrogen) atoms. The van der Waals surface area contributed by atoms with Gasteiger partial charge in [-0.2, -0.15) is 0 Å². The topological polar surface area (TPSA) is 42.1 Å². The van der Waals surface area contributed by atoms with E-state index in [0.29, 0.717) is 5.69 Å². The van der Waals surface area contributed by atoms with Crippen molar-refractivity contribution in [1.29, 1.82) is 0 Å². The van der Waals surface area contributed by atoms with Crippen LogP contribution in [0.4, 0.5) is 8.78 Å². The molecule has 0 amide bonds. The zero-order valence-corrected chi connectivity index (χ0v) is 8.00. The molecule has 1 unspecified atom stereocenters. The Balaban J connectivity index is 1.69. The Hall–Kier alpha value is -1.39. The molecule has 1 aromatic rings. The zero-order valence-electron chi connectivity index (χ0n) is 8.00. The number of carbonyl (C=O) groups excluding carboxylic acids is 1. The van der Waals surface area contributed by atoms with Crippen LogP contribution in [0.3, 0.4) is 0 Å². The van der Waals surface area contributed by atoms with Crippen LogP contribution in [0.25, 0.3) is 0 Å². The van der Waals surface area contributed by atoms with Crippen molar-refractivity contribution in [2.24, 2.45) is 5.92 Å². The van der Waals surface area contributed by atoms with Gasteiger partial charge in [0.1, 0.15) is 5.69 Å². The lowest BCUT2D eigenvalue weighted by atomic mass is 10.3. The van der Waals surface area contributed by atoms with Gasteiger partial charge in [-0.15, -0.1) is 0 Å². The first kappa shape index (κ1) is 10.1. The molecule has 1 heterocycles. The summed E-state index contributed by atoms with van der Waals surface area (Å²) in [5, 5.41) is 0. The maximum Gasteiger partial charge on any atom is 0.354 e. The molecule has 2 rings (SSSR count). The number of halogens is 2. The highest BCUT2D eigenvalue weighted by atomic mass is 19.3. The standard InChI is InChI=1S/C10H11F2NO2/c11-10(12)6-7(10)3-5-15-9(14)8-2-1-4-13-8/h1-2,4,7,13H,3,5-6H2. The fourth-order valence-corrected chi connectivity index (χ4v) is 1.41. The monoisotopic (exact) mass is 215 g/mol. The highest BCUT2D eigenvalue weighted by Crippen LogP contribution is 2.50. The normalized spacial score (nSPS) is 22.4. The third-order valence-electron chi connectivity index (χ3n) is 2.47. The predicted octanol–water partition coefficient (Wildman–Crippen LogP) is 2.22. The minimum absolute atomic E-state index is 0.0537. The van der Waals surface area contributed by atoms with Crippen LogP contribution in [-0.2, 0) is 4.74 Å². The maximum absolute atomic E-state index is 12.4. The summed E-state index contributed by atoms with van der Waals surface area (Å²) in [7, 11) is 0. The van der Waals surface area contributed by atoms with Gasteiger partial charge in [0.05, 0.1) is 6.61 Å². The van der Waals surface area contributed by atoms with E-state index in [1.807, 2.05) is 0 Å². The van der Waals surface area contributed by atoms with Crippen LogP contribution in [0, 0.1) is 5.92 Å². The number of alkyl halides is 2. The molecule has 1 aliphatic carbocycles. The number of hydrogen-bond donors (Lipinski definition) is 1. The number of hydrogen-bond acceptors (Lipinski definition) is 2. The lowest BCUT2D eigenvalue weighted by Gasteiger charge is -2.02. The second-order valence-corrected chi connectivity index (χ2v) is 3.67. The van der Waals surface area contributed by atoms with Crippen molar-refractivity contribution >= 4 is 5.97 Å². The van der Waals surface area contributed by atoms with Gasteiger partial charge in [0.2, 0.25) is 0 Å². The molecule has 0 spiro atoms. The highest BCUT2D eigenvalue weighted by molar-refractivity contribution is 5.87. The summed E-state index contributed by atoms with van der Waals surface area (Å²) in [6.07, 6.45) is 1.76. The van der Waals surface area contributed by atoms with Crippen LogP contribution in [0.2, 0.25) is 0 Å². The summed E-state index contributed by atoms with van der Waals surface area (Å²) in [4.78, 5) is 13.9. The van der Waals surface area contributed by atoms with E-state index in [9.17, 15) is 13.6 Å². The van der Waals surface area contributed by atoms with Crippen LogP contribution in [0.1, 0.15) is 23.3 Å². The quantitative estimate of drug-likeness (QED) is 0.782. The van der Waals surface area contributed by atoms with Crippen LogP contribution in [0.15, 0.2) is 18.3 Å². The van der Waals surface area contributed by atoms with E-state index < -0.39 is 17.8 Å². The van der Waals surface area contributed by atoms with E-state index in [4.69, 9.17) is 4.74 Å². The largest absolute Gasteiger partial charge is 0.461 e. The fourth-order valence-electron chi connectivity index (χ4n) is 1.41. The Morgan fingerprint density at radius 2 is 2.40 bits per heavy atom. The number of rotatable bonds is 4. The molecule has 5 heteroatoms. The third kappa shape index (κ3) is 2.34. The molecule has 0 saturated heterocycles. The Kier molecular flexibility index (Phi) is 2.46. The number of aromatic nitrogens is 1. The molecular formula is C10H11F2NO2. The van der Waals surface area contributed by atoms with Crippen molar-refractivity contribution in [2.45, 2.75) is 18.8 Å². The van der Waals surface area contributed by atoms with Crippen molar-refractivity contribution in [2.75, 3.05) is 6.61 Å². The molecule has 1 atom stereocenters. The molecule has 1 fully saturated rings. The van der Waals surface area contributed by atoms with Crippen LogP contribution in [-0.4, -0.2) is 23.5 Å². The molecular weight excluding hydrogens is 204 g/mol. The van der Waals surface area contributed by atoms with Gasteiger partial charge in [-0.05, 0) is 18.6 Å². The number of nitrogens with one attached hydrogen (secondary N) is 1. The van der Waals surface area contributed by atoms with Crippen molar-refractivity contribution in [3.05, 3.63) is 24.0 Å². The van der Waals surface area contributed by atoms with E-state index in [2.05, 4.69) is 4.98 Å². The molecule has 3 nitrogen and oxygen atoms in total. The second-order valence-electron chi connectivity index (χ2n) is 3.67. The van der Waals surface area contributed by atoms with E-state index in [1.165, 1.54) is 0 Å². The van der Waals surface area contributed by atoms with Crippen LogP contribution < -0.4 is 0 Å². The Labute approximate surface area is 85.4 Å². The lowest BCUT2D eigenvalue weighted by molar-refractivity contribution is 0.0447. The first-order valence-electron chi connectivity index (χ1n) is 4.78. The minimum atomic E-state index is -2.53. The summed E-state index contributed by atoms with van der Waals surface area (Å²) < 4.78 is 29.7.